The first-order valence-corrected chi connectivity index (χ1v) is 27.5. The lowest BCUT2D eigenvalue weighted by atomic mass is 10.1. The Balaban J connectivity index is 0.000000983. The molecule has 0 spiro atoms. The highest BCUT2D eigenvalue weighted by Crippen LogP contribution is 2.29. The molecule has 2 N–H and O–H groups in total. The number of ether oxygens (including phenoxy) is 7. The molecule has 3 heterocycles. The van der Waals surface area contributed by atoms with Crippen molar-refractivity contribution in [3.63, 3.8) is 0 Å². The monoisotopic (exact) mass is 1140 g/mol. The summed E-state index contributed by atoms with van der Waals surface area (Å²) in [5.41, 5.74) is 0.599. The van der Waals surface area contributed by atoms with Gasteiger partial charge in [-0.1, -0.05) is 39.8 Å². The molecule has 0 bridgehead atoms. The van der Waals surface area contributed by atoms with E-state index in [9.17, 15) is 54.4 Å². The van der Waals surface area contributed by atoms with Crippen LogP contribution in [0.1, 0.15) is 109 Å². The molecule has 3 aliphatic rings. The normalized spacial score (nSPS) is 18.2. The molecule has 6 rings (SSSR count). The average molecular weight is 1140 g/mol. The van der Waals surface area contributed by atoms with Gasteiger partial charge < -0.3 is 38.1 Å². The number of hydroxylamine groups is 2. The van der Waals surface area contributed by atoms with Crippen LogP contribution in [0.15, 0.2) is 77.7 Å². The molecule has 4 amide bonds. The number of hydrogen-bond acceptors (Lipinski definition) is 16. The lowest BCUT2D eigenvalue weighted by molar-refractivity contribution is -0.274. The van der Waals surface area contributed by atoms with E-state index in [2.05, 4.69) is 28.6 Å². The number of benzene rings is 3. The Morgan fingerprint density at radius 1 is 0.805 bits per heavy atom. The molecule has 25 heteroatoms. The molecule has 77 heavy (non-hydrogen) atoms. The smallest absolute Gasteiger partial charge is 0.457 e. The third-order valence-electron chi connectivity index (χ3n) is 10.7. The fourth-order valence-corrected chi connectivity index (χ4v) is 8.61. The first-order chi connectivity index (χ1) is 35.1. The maximum atomic E-state index is 12.3. The number of aryl methyl sites for hydroxylation is 1. The van der Waals surface area contributed by atoms with Crippen molar-refractivity contribution in [3.05, 3.63) is 78.4 Å². The number of carbonyl (C=O) groups is 4. The second-order valence-corrected chi connectivity index (χ2v) is 23.1. The van der Waals surface area contributed by atoms with Gasteiger partial charge in [-0.25, -0.2) is 31.0 Å². The number of halogens is 3. The predicted molar refractivity (Wildman–Crippen MR) is 284 cm³/mol. The van der Waals surface area contributed by atoms with Crippen LogP contribution >= 0.6 is 0 Å². The van der Waals surface area contributed by atoms with Gasteiger partial charge in [0.25, 0.3) is 12.4 Å². The first kappa shape index (κ1) is 71.6. The minimum atomic E-state index is -4.79. The van der Waals surface area contributed by atoms with Crippen LogP contribution in [0.4, 0.5) is 18.0 Å². The zero-order valence-electron chi connectivity index (χ0n) is 45.8. The van der Waals surface area contributed by atoms with E-state index < -0.39 is 49.3 Å². The van der Waals surface area contributed by atoms with Crippen LogP contribution in [0.25, 0.3) is 0 Å². The van der Waals surface area contributed by atoms with Crippen molar-refractivity contribution in [1.29, 1.82) is 0 Å². The second kappa shape index (κ2) is 32.5. The molecule has 3 saturated heterocycles. The van der Waals surface area contributed by atoms with Gasteiger partial charge in [-0.05, 0) is 148 Å². The van der Waals surface area contributed by atoms with E-state index in [-0.39, 0.29) is 70.7 Å². The number of rotatable bonds is 16. The number of urea groups is 1. The SMILES string of the molecule is C.CC1COC(C)(C)O1.CCC1COC(C)(C)O1.CCCc1ccc(OC=O)cc1.CCN1C(=O)NC(=O)C1(C)C.CCS(=O)(=O)N(C)C.C[C@@H](CS(=O)(=O)c1ccc(Oc2ccc(OC(F)(F)F)cc2)cc1)N(O)C=O. The van der Waals surface area contributed by atoms with Crippen LogP contribution in [-0.2, 0) is 59.6 Å². The third kappa shape index (κ3) is 26.7. The maximum Gasteiger partial charge on any atom is 0.573 e. The molecular weight excluding hydrogens is 1060 g/mol. The van der Waals surface area contributed by atoms with Gasteiger partial charge in [0.15, 0.2) is 21.4 Å². The van der Waals surface area contributed by atoms with E-state index in [1.807, 2.05) is 53.7 Å². The number of nitrogens with zero attached hydrogens (tertiary/aromatic N) is 3. The van der Waals surface area contributed by atoms with E-state index in [1.54, 1.807) is 32.9 Å². The van der Waals surface area contributed by atoms with Crippen LogP contribution < -0.4 is 19.5 Å². The summed E-state index contributed by atoms with van der Waals surface area (Å²) in [5.74, 6) is -0.505. The van der Waals surface area contributed by atoms with Crippen molar-refractivity contribution >= 4 is 44.7 Å². The fourth-order valence-electron chi connectivity index (χ4n) is 6.56. The Morgan fingerprint density at radius 3 is 1.61 bits per heavy atom. The van der Waals surface area contributed by atoms with Gasteiger partial charge in [0.05, 0.1) is 47.9 Å². The molecule has 0 saturated carbocycles. The van der Waals surface area contributed by atoms with E-state index in [1.165, 1.54) is 72.2 Å². The van der Waals surface area contributed by atoms with E-state index in [4.69, 9.17) is 23.7 Å². The van der Waals surface area contributed by atoms with Crippen molar-refractivity contribution in [2.75, 3.05) is 45.4 Å². The highest BCUT2D eigenvalue weighted by molar-refractivity contribution is 7.91. The van der Waals surface area contributed by atoms with Gasteiger partial charge >= 0.3 is 12.4 Å². The number of nitrogens with one attached hydrogen (secondary N) is 1. The minimum absolute atomic E-state index is 0. The first-order valence-electron chi connectivity index (χ1n) is 24.3. The highest BCUT2D eigenvalue weighted by Gasteiger charge is 2.44. The zero-order valence-corrected chi connectivity index (χ0v) is 47.5. The predicted octanol–water partition coefficient (Wildman–Crippen LogP) is 9.14. The molecule has 0 radical (unpaired) electrons. The number of hydrogen-bond donors (Lipinski definition) is 2. The molecule has 0 aliphatic carbocycles. The van der Waals surface area contributed by atoms with Gasteiger partial charge in [0.2, 0.25) is 16.4 Å². The van der Waals surface area contributed by atoms with Crippen molar-refractivity contribution in [3.8, 4) is 23.0 Å². The number of carbonyl (C=O) groups excluding carboxylic acids is 4. The number of alkyl halides is 3. The summed E-state index contributed by atoms with van der Waals surface area (Å²) in [7, 11) is -3.62. The Kier molecular flexibility index (Phi) is 30.2. The zero-order chi connectivity index (χ0) is 58.3. The molecular formula is C52H81F3N4O16S2. The quantitative estimate of drug-likeness (QED) is 0.0588. The Hall–Kier alpha value is -5.41. The van der Waals surface area contributed by atoms with Gasteiger partial charge in [0, 0.05) is 20.6 Å². The molecule has 3 aromatic rings. The summed E-state index contributed by atoms with van der Waals surface area (Å²) in [6, 6.07) is 16.3. The molecule has 3 atom stereocenters. The summed E-state index contributed by atoms with van der Waals surface area (Å²) in [6.07, 6.45) is -0.842. The van der Waals surface area contributed by atoms with Crippen LogP contribution in [-0.4, -0.2) is 148 Å². The number of amides is 4. The fraction of sp³-hybridized carbons (Fsp3) is 0.577. The van der Waals surface area contributed by atoms with E-state index >= 15 is 0 Å². The standard InChI is InChI=1S/C17H16F3NO6S.C10H12O2.C7H12N2O2.C7H14O2.C6H12O2.C4H11NO2S.CH4/c1-12(21(23)11-22)10-28(24,25)16-8-6-14(7-9-16)26-13-2-4-15(5-3-13)27-17(18,19)20;1-2-3-9-4-6-10(7-5-9)12-8-11;1-4-9-6(11)8-5(10)7(9,2)3;1-4-6-5-8-7(2,3)9-6;1-5-4-7-6(2,3)8-5;1-4-8(6,7)5(2)3;/h2-9,11-12,23H,10H2,1H3;4-8H,2-3H2,1H3;4H2,1-3H3,(H,8,10,11);6H,4-5H2,1-3H3;5H,4H2,1-3H3;4H2,1-3H3;1H4/t12-;;;;;;/m0....../s1. The van der Waals surface area contributed by atoms with Gasteiger partial charge in [-0.15, -0.1) is 13.2 Å². The van der Waals surface area contributed by atoms with Crippen molar-refractivity contribution in [2.45, 2.75) is 156 Å². The second-order valence-electron chi connectivity index (χ2n) is 18.6. The molecule has 3 aliphatic heterocycles. The Labute approximate surface area is 453 Å². The molecule has 3 aromatic carbocycles. The van der Waals surface area contributed by atoms with Gasteiger partial charge in [0.1, 0.15) is 28.5 Å². The number of sulfone groups is 1. The summed E-state index contributed by atoms with van der Waals surface area (Å²) in [4.78, 5) is 44.0. The van der Waals surface area contributed by atoms with E-state index in [0.717, 1.165) is 44.6 Å². The lowest BCUT2D eigenvalue weighted by Gasteiger charge is -2.26. The van der Waals surface area contributed by atoms with Crippen LogP contribution in [0, 0.1) is 0 Å². The van der Waals surface area contributed by atoms with Crippen molar-refractivity contribution in [1.82, 2.24) is 19.6 Å². The molecule has 20 nitrogen and oxygen atoms in total. The Morgan fingerprint density at radius 2 is 1.30 bits per heavy atom. The minimum Gasteiger partial charge on any atom is -0.457 e. The molecule has 2 unspecified atom stereocenters. The molecule has 0 aromatic heterocycles. The summed E-state index contributed by atoms with van der Waals surface area (Å²) >= 11 is 0. The number of imide groups is 1. The van der Waals surface area contributed by atoms with Crippen molar-refractivity contribution < 1.29 is 87.6 Å². The van der Waals surface area contributed by atoms with Crippen LogP contribution in [0.2, 0.25) is 0 Å². The van der Waals surface area contributed by atoms with Crippen LogP contribution in [0.3, 0.4) is 0 Å². The largest absolute Gasteiger partial charge is 0.573 e. The Bertz CT molecular complexity index is 2460. The van der Waals surface area contributed by atoms with Crippen LogP contribution in [0.5, 0.6) is 23.0 Å². The summed E-state index contributed by atoms with van der Waals surface area (Å²) < 4.78 is 119. The molecule has 3 fully saturated rings. The maximum absolute atomic E-state index is 12.3. The average Bonchev–Trinajstić information content (AvgIpc) is 3.94. The molecule has 438 valence electrons. The third-order valence-corrected chi connectivity index (χ3v) is 14.5. The van der Waals surface area contributed by atoms with Gasteiger partial charge in [-0.2, -0.15) is 0 Å². The van der Waals surface area contributed by atoms with E-state index in [0.29, 0.717) is 24.9 Å². The highest BCUT2D eigenvalue weighted by atomic mass is 32.2. The number of likely N-dealkylation sites (N-methyl/N-ethyl adjacent to an activating group) is 1. The topological polar surface area (TPSA) is 243 Å². The summed E-state index contributed by atoms with van der Waals surface area (Å²) in [6.45, 7) is 24.8. The van der Waals surface area contributed by atoms with Crippen molar-refractivity contribution in [2.24, 2.45) is 0 Å². The summed E-state index contributed by atoms with van der Waals surface area (Å²) in [5, 5.41) is 11.8. The van der Waals surface area contributed by atoms with Gasteiger partial charge in [-0.3, -0.25) is 24.9 Å². The lowest BCUT2D eigenvalue weighted by Crippen LogP contribution is -2.43. The number of sulfonamides is 1.